The Bertz CT molecular complexity index is 1780. The van der Waals surface area contributed by atoms with Gasteiger partial charge in [0.2, 0.25) is 0 Å². The van der Waals surface area contributed by atoms with Crippen LogP contribution in [0.25, 0.3) is 11.1 Å². The summed E-state index contributed by atoms with van der Waals surface area (Å²) in [6.07, 6.45) is 6.64. The van der Waals surface area contributed by atoms with Crippen molar-refractivity contribution in [2.45, 2.75) is 78.9 Å². The van der Waals surface area contributed by atoms with Gasteiger partial charge in [-0.15, -0.1) is 0 Å². The number of fused-ring (bicyclic) bond motifs is 4. The van der Waals surface area contributed by atoms with Gasteiger partial charge in [0.1, 0.15) is 8.07 Å². The van der Waals surface area contributed by atoms with Crippen LogP contribution in [0.15, 0.2) is 59.6 Å². The van der Waals surface area contributed by atoms with E-state index in [9.17, 15) is 4.79 Å². The van der Waals surface area contributed by atoms with Crippen molar-refractivity contribution in [3.63, 3.8) is 0 Å². The van der Waals surface area contributed by atoms with E-state index in [0.717, 1.165) is 56.4 Å². The molecule has 0 unspecified atom stereocenters. The molecule has 0 atom stereocenters. The van der Waals surface area contributed by atoms with E-state index in [1.54, 1.807) is 0 Å². The number of aryl methyl sites for hydroxylation is 1. The number of rotatable bonds is 6. The van der Waals surface area contributed by atoms with Crippen LogP contribution in [0.4, 0.5) is 5.69 Å². The maximum atomic E-state index is 14.0. The van der Waals surface area contributed by atoms with Crippen LogP contribution in [0.2, 0.25) is 13.1 Å². The Hall–Kier alpha value is -3.44. The minimum absolute atomic E-state index is 0.0507. The van der Waals surface area contributed by atoms with E-state index in [-0.39, 0.29) is 11.4 Å². The van der Waals surface area contributed by atoms with Crippen molar-refractivity contribution in [3.05, 3.63) is 93.0 Å². The lowest BCUT2D eigenvalue weighted by Gasteiger charge is -2.44. The van der Waals surface area contributed by atoms with Crippen LogP contribution in [0.5, 0.6) is 0 Å². The zero-order valence-corrected chi connectivity index (χ0v) is 28.4. The second kappa shape index (κ2) is 10.9. The molecule has 0 bridgehead atoms. The van der Waals surface area contributed by atoms with Crippen LogP contribution < -0.4 is 25.8 Å². The van der Waals surface area contributed by atoms with Gasteiger partial charge in [-0.25, -0.2) is 0 Å². The van der Waals surface area contributed by atoms with Gasteiger partial charge >= 0.3 is 0 Å². The van der Waals surface area contributed by atoms with Gasteiger partial charge in [0.05, 0.1) is 10.9 Å². The molecule has 5 heteroatoms. The number of hydrogen-bond acceptors (Lipinski definition) is 3. The van der Waals surface area contributed by atoms with Crippen LogP contribution >= 0.6 is 0 Å². The van der Waals surface area contributed by atoms with Crippen molar-refractivity contribution in [2.24, 2.45) is 4.99 Å². The molecule has 3 heterocycles. The zero-order valence-electron chi connectivity index (χ0n) is 27.4. The van der Waals surface area contributed by atoms with E-state index >= 15 is 0 Å². The molecule has 0 saturated carbocycles. The van der Waals surface area contributed by atoms with E-state index < -0.39 is 8.07 Å². The number of anilines is 1. The molecule has 0 N–H and O–H groups in total. The molecule has 0 aromatic heterocycles. The molecule has 0 saturated heterocycles. The number of benzene rings is 3. The minimum Gasteiger partial charge on any atom is -0.363 e. The van der Waals surface area contributed by atoms with Crippen LogP contribution in [0.3, 0.4) is 0 Å². The lowest BCUT2D eigenvalue weighted by molar-refractivity contribution is 0.0793. The third kappa shape index (κ3) is 4.80. The summed E-state index contributed by atoms with van der Waals surface area (Å²) in [5.74, 6) is 0.0997. The zero-order chi connectivity index (χ0) is 30.7. The number of unbranched alkanes of at least 4 members (excludes halogenated alkanes) is 1. The maximum Gasteiger partial charge on any atom is 0.254 e. The molecule has 0 radical (unpaired) electrons. The predicted octanol–water partition coefficient (Wildman–Crippen LogP) is 5.53. The first-order chi connectivity index (χ1) is 20.5. The van der Waals surface area contributed by atoms with Crippen LogP contribution in [0.1, 0.15) is 86.5 Å². The molecule has 1 amide bonds. The molecule has 3 aliphatic rings. The average Bonchev–Trinajstić information content (AvgIpc) is 2.98. The highest BCUT2D eigenvalue weighted by molar-refractivity contribution is 7.01. The second-order valence-corrected chi connectivity index (χ2v) is 18.1. The van der Waals surface area contributed by atoms with Crippen LogP contribution in [-0.4, -0.2) is 51.1 Å². The SMILES string of the molecule is CCCCN(C)C(=O)c1ccccc1C1=c2cc3c(cc2[Si](C)(C)c2cc4c(cc21)C(C)=CC(C)(C)N4CC)=NCCC3. The highest BCUT2D eigenvalue weighted by Gasteiger charge is 2.39. The molecular weight excluding hydrogens is 543 g/mol. The lowest BCUT2D eigenvalue weighted by atomic mass is 9.84. The standard InChI is InChI=1S/C38H47N3OSi/c1-9-11-19-40(6)37(42)28-17-13-12-16-27(28)36-30-20-26-15-14-18-39-32(26)22-34(30)43(7,8)35-23-33-29(21-31(35)36)25(3)24-38(4,5)41(33)10-2/h12-13,16-17,20-24H,9-11,14-15,18-19H2,1-8H3. The summed E-state index contributed by atoms with van der Waals surface area (Å²) >= 11 is 0. The van der Waals surface area contributed by atoms with Crippen molar-refractivity contribution in [1.29, 1.82) is 0 Å². The third-order valence-electron chi connectivity index (χ3n) is 10.0. The third-order valence-corrected chi connectivity index (χ3v) is 13.6. The summed E-state index contributed by atoms with van der Waals surface area (Å²) in [4.78, 5) is 23.5. The second-order valence-electron chi connectivity index (χ2n) is 13.8. The van der Waals surface area contributed by atoms with Crippen molar-refractivity contribution in [3.8, 4) is 0 Å². The van der Waals surface area contributed by atoms with Gasteiger partial charge in [0, 0.05) is 43.5 Å². The number of allylic oxidation sites excluding steroid dienone is 1. The number of likely N-dealkylation sites (N-methyl/N-ethyl adjacent to an activating group) is 1. The summed E-state index contributed by atoms with van der Waals surface area (Å²) in [5, 5.41) is 5.37. The Balaban J connectivity index is 1.71. The fourth-order valence-corrected chi connectivity index (χ4v) is 10.8. The molecule has 6 rings (SSSR count). The largest absolute Gasteiger partial charge is 0.363 e. The van der Waals surface area contributed by atoms with E-state index in [1.165, 1.54) is 54.5 Å². The molecule has 4 nitrogen and oxygen atoms in total. The molecule has 3 aliphatic heterocycles. The highest BCUT2D eigenvalue weighted by Crippen LogP contribution is 2.41. The van der Waals surface area contributed by atoms with Gasteiger partial charge in [-0.3, -0.25) is 9.79 Å². The molecule has 3 aromatic rings. The smallest absolute Gasteiger partial charge is 0.254 e. The summed E-state index contributed by atoms with van der Waals surface area (Å²) < 4.78 is 0. The number of amides is 1. The Morgan fingerprint density at radius 1 is 1.02 bits per heavy atom. The summed E-state index contributed by atoms with van der Waals surface area (Å²) in [5.41, 5.74) is 9.60. The normalized spacial score (nSPS) is 17.6. The van der Waals surface area contributed by atoms with Gasteiger partial charge in [0.15, 0.2) is 0 Å². The van der Waals surface area contributed by atoms with Crippen molar-refractivity contribution in [2.75, 3.05) is 31.6 Å². The molecule has 0 aliphatic carbocycles. The van der Waals surface area contributed by atoms with Crippen LogP contribution in [0, 0.1) is 0 Å². The monoisotopic (exact) mass is 589 g/mol. The number of carbonyl (C=O) groups is 1. The van der Waals surface area contributed by atoms with Gasteiger partial charge in [0.25, 0.3) is 5.91 Å². The van der Waals surface area contributed by atoms with Crippen molar-refractivity contribution < 1.29 is 4.79 Å². The molecule has 0 fully saturated rings. The Labute approximate surface area is 258 Å². The molecule has 224 valence electrons. The fourth-order valence-electron chi connectivity index (χ4n) is 7.77. The molecule has 43 heavy (non-hydrogen) atoms. The van der Waals surface area contributed by atoms with E-state index in [2.05, 4.69) is 95.1 Å². The predicted molar refractivity (Wildman–Crippen MR) is 184 cm³/mol. The topological polar surface area (TPSA) is 35.9 Å². The minimum atomic E-state index is -2.14. The summed E-state index contributed by atoms with van der Waals surface area (Å²) in [6.45, 7) is 19.0. The first-order valence-corrected chi connectivity index (χ1v) is 19.2. The Kier molecular flexibility index (Phi) is 7.53. The summed E-state index contributed by atoms with van der Waals surface area (Å²) in [7, 11) is -0.196. The fraction of sp³-hybridized carbons (Fsp3) is 0.421. The van der Waals surface area contributed by atoms with Gasteiger partial charge in [-0.2, -0.15) is 0 Å². The van der Waals surface area contributed by atoms with Gasteiger partial charge < -0.3 is 9.80 Å². The van der Waals surface area contributed by atoms with E-state index in [4.69, 9.17) is 4.99 Å². The van der Waals surface area contributed by atoms with E-state index in [0.29, 0.717) is 0 Å². The van der Waals surface area contributed by atoms with Crippen LogP contribution in [-0.2, 0) is 6.42 Å². The molecular formula is C38H47N3OSi. The average molecular weight is 590 g/mol. The maximum absolute atomic E-state index is 14.0. The Morgan fingerprint density at radius 3 is 2.53 bits per heavy atom. The molecule has 0 spiro atoms. The van der Waals surface area contributed by atoms with E-state index in [1.807, 2.05) is 24.1 Å². The lowest BCUT2D eigenvalue weighted by Crippen LogP contribution is -2.64. The van der Waals surface area contributed by atoms with Gasteiger partial charge in [-0.1, -0.05) is 50.7 Å². The number of nitrogens with zero attached hydrogens (tertiary/aromatic N) is 3. The summed E-state index contributed by atoms with van der Waals surface area (Å²) in [6, 6.07) is 18.2. The van der Waals surface area contributed by atoms with Crippen molar-refractivity contribution >= 4 is 41.2 Å². The first kappa shape index (κ1) is 29.6. The number of hydrogen-bond donors (Lipinski definition) is 0. The van der Waals surface area contributed by atoms with Gasteiger partial charge in [-0.05, 0) is 121 Å². The quantitative estimate of drug-likeness (QED) is 0.355. The first-order valence-electron chi connectivity index (χ1n) is 16.2. The Morgan fingerprint density at radius 2 is 1.79 bits per heavy atom. The number of carbonyl (C=O) groups excluding carboxylic acids is 1. The van der Waals surface area contributed by atoms with Crippen molar-refractivity contribution in [1.82, 2.24) is 4.90 Å². The molecule has 3 aromatic carbocycles. The highest BCUT2D eigenvalue weighted by atomic mass is 28.3.